The van der Waals surface area contributed by atoms with Gasteiger partial charge in [0.2, 0.25) is 0 Å². The van der Waals surface area contributed by atoms with Gasteiger partial charge in [-0.1, -0.05) is 49.5 Å². The van der Waals surface area contributed by atoms with Crippen LogP contribution < -0.4 is 0 Å². The zero-order valence-corrected chi connectivity index (χ0v) is 13.9. The van der Waals surface area contributed by atoms with E-state index in [1.165, 1.54) is 30.7 Å². The number of nitrogens with zero attached hydrogens (tertiary/aromatic N) is 2. The Balaban J connectivity index is 1.80. The van der Waals surface area contributed by atoms with E-state index in [0.29, 0.717) is 5.92 Å². The molecule has 0 amide bonds. The van der Waals surface area contributed by atoms with E-state index >= 15 is 0 Å². The van der Waals surface area contributed by atoms with Crippen LogP contribution in [0.5, 0.6) is 0 Å². The van der Waals surface area contributed by atoms with E-state index in [1.807, 2.05) is 0 Å². The third-order valence-electron chi connectivity index (χ3n) is 4.53. The van der Waals surface area contributed by atoms with Gasteiger partial charge in [0.05, 0.1) is 0 Å². The maximum absolute atomic E-state index is 4.30. The molecule has 1 unspecified atom stereocenters. The van der Waals surface area contributed by atoms with Crippen LogP contribution in [-0.4, -0.2) is 43.0 Å². The first-order chi connectivity index (χ1) is 10.1. The minimum Gasteiger partial charge on any atom is -0.376 e. The number of rotatable bonds is 8. The van der Waals surface area contributed by atoms with Crippen molar-refractivity contribution in [2.45, 2.75) is 26.7 Å². The first-order valence-electron chi connectivity index (χ1n) is 8.25. The van der Waals surface area contributed by atoms with Gasteiger partial charge in [-0.2, -0.15) is 0 Å². The van der Waals surface area contributed by atoms with Gasteiger partial charge in [-0.15, -0.1) is 0 Å². The lowest BCUT2D eigenvalue weighted by Crippen LogP contribution is -2.35. The highest BCUT2D eigenvalue weighted by Gasteiger charge is 2.23. The lowest BCUT2D eigenvalue weighted by molar-refractivity contribution is 0.242. The summed E-state index contributed by atoms with van der Waals surface area (Å²) in [6.07, 6.45) is 13.8. The number of hydrogen-bond acceptors (Lipinski definition) is 2. The van der Waals surface area contributed by atoms with Gasteiger partial charge in [-0.05, 0) is 32.2 Å². The zero-order valence-electron chi connectivity index (χ0n) is 13.9. The number of likely N-dealkylation sites (N-methyl/N-ethyl adjacent to an activating group) is 2. The molecule has 2 heteroatoms. The van der Waals surface area contributed by atoms with E-state index in [0.717, 1.165) is 25.6 Å². The second-order valence-corrected chi connectivity index (χ2v) is 6.43. The topological polar surface area (TPSA) is 6.48 Å². The van der Waals surface area contributed by atoms with Crippen molar-refractivity contribution in [2.75, 3.05) is 33.2 Å². The summed E-state index contributed by atoms with van der Waals surface area (Å²) in [4.78, 5) is 4.89. The SMILES string of the molecule is C=C(C1C=CC=C(C)C=C1)N(C)CCN(CC)CC1CC1. The zero-order chi connectivity index (χ0) is 15.2. The Bertz CT molecular complexity index is 440. The molecule has 2 aliphatic carbocycles. The molecule has 21 heavy (non-hydrogen) atoms. The van der Waals surface area contributed by atoms with Crippen LogP contribution in [0, 0.1) is 11.8 Å². The summed E-state index contributed by atoms with van der Waals surface area (Å²) in [5.41, 5.74) is 2.49. The Morgan fingerprint density at radius 3 is 2.71 bits per heavy atom. The van der Waals surface area contributed by atoms with Crippen molar-refractivity contribution in [3.63, 3.8) is 0 Å². The third-order valence-corrected chi connectivity index (χ3v) is 4.53. The highest BCUT2D eigenvalue weighted by atomic mass is 15.2. The highest BCUT2D eigenvalue weighted by molar-refractivity contribution is 5.31. The van der Waals surface area contributed by atoms with Gasteiger partial charge in [0.1, 0.15) is 0 Å². The quantitative estimate of drug-likeness (QED) is 0.668. The molecule has 0 aromatic carbocycles. The summed E-state index contributed by atoms with van der Waals surface area (Å²) >= 11 is 0. The van der Waals surface area contributed by atoms with E-state index in [4.69, 9.17) is 0 Å². The Labute approximate surface area is 130 Å². The van der Waals surface area contributed by atoms with Gasteiger partial charge >= 0.3 is 0 Å². The van der Waals surface area contributed by atoms with Crippen molar-refractivity contribution in [3.8, 4) is 0 Å². The molecule has 0 saturated heterocycles. The average molecular weight is 286 g/mol. The van der Waals surface area contributed by atoms with E-state index < -0.39 is 0 Å². The van der Waals surface area contributed by atoms with Crippen molar-refractivity contribution in [1.29, 1.82) is 0 Å². The Kier molecular flexibility index (Phi) is 5.86. The molecule has 1 saturated carbocycles. The molecule has 0 aliphatic heterocycles. The van der Waals surface area contributed by atoms with Gasteiger partial charge in [0.15, 0.2) is 0 Å². The molecule has 0 spiro atoms. The molecule has 2 aliphatic rings. The number of hydrogen-bond donors (Lipinski definition) is 0. The molecule has 0 N–H and O–H groups in total. The summed E-state index contributed by atoms with van der Waals surface area (Å²) in [5, 5.41) is 0. The third kappa shape index (κ3) is 5.20. The van der Waals surface area contributed by atoms with Crippen LogP contribution in [0.4, 0.5) is 0 Å². The summed E-state index contributed by atoms with van der Waals surface area (Å²) in [5.74, 6) is 1.29. The van der Waals surface area contributed by atoms with E-state index in [2.05, 4.69) is 67.7 Å². The van der Waals surface area contributed by atoms with Crippen LogP contribution in [-0.2, 0) is 0 Å². The van der Waals surface area contributed by atoms with Crippen LogP contribution in [0.1, 0.15) is 26.7 Å². The lowest BCUT2D eigenvalue weighted by Gasteiger charge is -2.28. The Morgan fingerprint density at radius 2 is 2.05 bits per heavy atom. The molecule has 2 nitrogen and oxygen atoms in total. The predicted octanol–water partition coefficient (Wildman–Crippen LogP) is 3.85. The standard InChI is InChI=1S/C19H30N2/c1-5-21(15-18-10-11-18)14-13-20(4)17(3)19-8-6-7-16(2)9-12-19/h6-9,12,18-19H,3,5,10-11,13-15H2,1-2,4H3. The van der Waals surface area contributed by atoms with E-state index in [-0.39, 0.29) is 0 Å². The minimum absolute atomic E-state index is 0.321. The maximum Gasteiger partial charge on any atom is 0.0349 e. The molecule has 0 heterocycles. The van der Waals surface area contributed by atoms with Gasteiger partial charge < -0.3 is 9.80 Å². The summed E-state index contributed by atoms with van der Waals surface area (Å²) in [7, 11) is 2.17. The smallest absolute Gasteiger partial charge is 0.0349 e. The van der Waals surface area contributed by atoms with Crippen molar-refractivity contribution in [1.82, 2.24) is 9.80 Å². The first-order valence-corrected chi connectivity index (χ1v) is 8.25. The molecule has 116 valence electrons. The molecule has 0 aromatic rings. The maximum atomic E-state index is 4.30. The van der Waals surface area contributed by atoms with Crippen molar-refractivity contribution in [2.24, 2.45) is 11.8 Å². The fourth-order valence-corrected chi connectivity index (χ4v) is 2.66. The number of allylic oxidation sites excluding steroid dienone is 5. The molecular formula is C19H30N2. The summed E-state index contributed by atoms with van der Waals surface area (Å²) < 4.78 is 0. The van der Waals surface area contributed by atoms with Gasteiger partial charge in [0, 0.05) is 38.3 Å². The Hall–Kier alpha value is -1.28. The second kappa shape index (κ2) is 7.65. The normalized spacial score (nSPS) is 21.3. The molecule has 0 radical (unpaired) electrons. The van der Waals surface area contributed by atoms with E-state index in [1.54, 1.807) is 0 Å². The minimum atomic E-state index is 0.321. The monoisotopic (exact) mass is 286 g/mol. The molecule has 1 fully saturated rings. The van der Waals surface area contributed by atoms with E-state index in [9.17, 15) is 0 Å². The fourth-order valence-electron chi connectivity index (χ4n) is 2.66. The average Bonchev–Trinajstić information content (AvgIpc) is 3.30. The Morgan fingerprint density at radius 1 is 1.29 bits per heavy atom. The van der Waals surface area contributed by atoms with Crippen molar-refractivity contribution >= 4 is 0 Å². The van der Waals surface area contributed by atoms with Crippen LogP contribution >= 0.6 is 0 Å². The molecular weight excluding hydrogens is 256 g/mol. The summed E-state index contributed by atoms with van der Waals surface area (Å²) in [6.45, 7) is 13.3. The van der Waals surface area contributed by atoms with Crippen LogP contribution in [0.2, 0.25) is 0 Å². The second-order valence-electron chi connectivity index (χ2n) is 6.43. The van der Waals surface area contributed by atoms with Gasteiger partial charge in [-0.3, -0.25) is 0 Å². The van der Waals surface area contributed by atoms with Crippen LogP contribution in [0.25, 0.3) is 0 Å². The molecule has 0 bridgehead atoms. The van der Waals surface area contributed by atoms with Gasteiger partial charge in [0.25, 0.3) is 0 Å². The van der Waals surface area contributed by atoms with Crippen molar-refractivity contribution < 1.29 is 0 Å². The fraction of sp³-hybridized carbons (Fsp3) is 0.579. The lowest BCUT2D eigenvalue weighted by atomic mass is 10.0. The van der Waals surface area contributed by atoms with Crippen molar-refractivity contribution in [3.05, 3.63) is 48.2 Å². The van der Waals surface area contributed by atoms with Gasteiger partial charge in [-0.25, -0.2) is 0 Å². The largest absolute Gasteiger partial charge is 0.376 e. The summed E-state index contributed by atoms with van der Waals surface area (Å²) in [6, 6.07) is 0. The molecule has 2 rings (SSSR count). The van der Waals surface area contributed by atoms with Crippen LogP contribution in [0.3, 0.4) is 0 Å². The predicted molar refractivity (Wildman–Crippen MR) is 92.1 cm³/mol. The highest BCUT2D eigenvalue weighted by Crippen LogP contribution is 2.29. The first kappa shape index (κ1) is 16.1. The van der Waals surface area contributed by atoms with Crippen LogP contribution in [0.15, 0.2) is 48.2 Å². The molecule has 0 aromatic heterocycles. The molecule has 1 atom stereocenters.